The van der Waals surface area contributed by atoms with Crippen LogP contribution in [0.5, 0.6) is 11.5 Å². The lowest BCUT2D eigenvalue weighted by atomic mass is 10.0. The Balaban J connectivity index is 1.23. The van der Waals surface area contributed by atoms with Crippen molar-refractivity contribution in [2.45, 2.75) is 13.3 Å². The summed E-state index contributed by atoms with van der Waals surface area (Å²) in [7, 11) is 1.66. The van der Waals surface area contributed by atoms with Crippen LogP contribution in [-0.2, 0) is 6.42 Å². The number of nitrogens with one attached hydrogen (secondary N) is 3. The standard InChI is InChI=1S/C25H31N3O3/c1-3-19-5-4-6-22-23(17-26-25(19)22)24(29)18-28-13-11-27(12-14-28)15-16-31-21-9-7-20(30-2)8-10-21/h4-10,17,26H,3,11-16,18H2,1-2H3/p+2. The highest BCUT2D eigenvalue weighted by atomic mass is 16.5. The van der Waals surface area contributed by atoms with Crippen molar-refractivity contribution in [2.24, 2.45) is 0 Å². The second kappa shape index (κ2) is 9.98. The molecule has 1 aromatic heterocycles. The molecule has 3 N–H and O–H groups in total. The predicted molar refractivity (Wildman–Crippen MR) is 122 cm³/mol. The number of rotatable bonds is 9. The van der Waals surface area contributed by atoms with Gasteiger partial charge in [0.25, 0.3) is 0 Å². The Hall–Kier alpha value is -2.83. The lowest BCUT2D eigenvalue weighted by molar-refractivity contribution is -1.01. The Morgan fingerprint density at radius 2 is 1.71 bits per heavy atom. The van der Waals surface area contributed by atoms with Gasteiger partial charge in [-0.15, -0.1) is 0 Å². The van der Waals surface area contributed by atoms with Crippen molar-refractivity contribution in [3.05, 3.63) is 59.8 Å². The molecule has 0 bridgehead atoms. The van der Waals surface area contributed by atoms with E-state index in [1.807, 2.05) is 30.5 Å². The van der Waals surface area contributed by atoms with Gasteiger partial charge < -0.3 is 24.3 Å². The van der Waals surface area contributed by atoms with Crippen LogP contribution in [0.3, 0.4) is 0 Å². The number of carbonyl (C=O) groups is 1. The number of aromatic nitrogens is 1. The number of para-hydroxylation sites is 1. The first-order valence-corrected chi connectivity index (χ1v) is 11.2. The molecule has 1 aliphatic rings. The number of carbonyl (C=O) groups excluding carboxylic acids is 1. The molecule has 3 aromatic rings. The maximum atomic E-state index is 13.0. The largest absolute Gasteiger partial charge is 0.497 e. The molecule has 31 heavy (non-hydrogen) atoms. The summed E-state index contributed by atoms with van der Waals surface area (Å²) in [5.74, 6) is 1.95. The van der Waals surface area contributed by atoms with E-state index in [1.165, 1.54) is 10.5 Å². The fraction of sp³-hybridized carbons (Fsp3) is 0.400. The number of fused-ring (bicyclic) bond motifs is 1. The van der Waals surface area contributed by atoms with Gasteiger partial charge in [0.2, 0.25) is 5.78 Å². The Labute approximate surface area is 183 Å². The molecule has 6 heteroatoms. The van der Waals surface area contributed by atoms with Crippen molar-refractivity contribution in [3.63, 3.8) is 0 Å². The molecule has 1 saturated heterocycles. The summed E-state index contributed by atoms with van der Waals surface area (Å²) < 4.78 is 11.0. The van der Waals surface area contributed by atoms with E-state index in [4.69, 9.17) is 9.47 Å². The summed E-state index contributed by atoms with van der Waals surface area (Å²) in [6, 6.07) is 13.9. The third kappa shape index (κ3) is 5.09. The van der Waals surface area contributed by atoms with Crippen molar-refractivity contribution >= 4 is 16.7 Å². The molecule has 2 aromatic carbocycles. The lowest BCUT2D eigenvalue weighted by Gasteiger charge is -2.29. The van der Waals surface area contributed by atoms with E-state index >= 15 is 0 Å². The highest BCUT2D eigenvalue weighted by Gasteiger charge is 2.26. The van der Waals surface area contributed by atoms with Gasteiger partial charge in [-0.2, -0.15) is 0 Å². The van der Waals surface area contributed by atoms with E-state index in [0.717, 1.165) is 67.1 Å². The van der Waals surface area contributed by atoms with Gasteiger partial charge in [-0.05, 0) is 36.2 Å². The van der Waals surface area contributed by atoms with Crippen molar-refractivity contribution in [3.8, 4) is 11.5 Å². The van der Waals surface area contributed by atoms with E-state index in [9.17, 15) is 4.79 Å². The van der Waals surface area contributed by atoms with Gasteiger partial charge in [0.05, 0.1) is 7.11 Å². The van der Waals surface area contributed by atoms with Crippen molar-refractivity contribution in [1.82, 2.24) is 4.98 Å². The van der Waals surface area contributed by atoms with Gasteiger partial charge >= 0.3 is 0 Å². The number of quaternary nitrogens is 2. The fourth-order valence-corrected chi connectivity index (χ4v) is 4.43. The maximum Gasteiger partial charge on any atom is 0.219 e. The minimum Gasteiger partial charge on any atom is -0.497 e. The highest BCUT2D eigenvalue weighted by molar-refractivity contribution is 6.08. The molecule has 0 aliphatic carbocycles. The van der Waals surface area contributed by atoms with E-state index in [0.29, 0.717) is 13.2 Å². The number of ketones is 1. The average Bonchev–Trinajstić information content (AvgIpc) is 3.25. The zero-order valence-corrected chi connectivity index (χ0v) is 18.5. The number of methoxy groups -OCH3 is 1. The van der Waals surface area contributed by atoms with E-state index < -0.39 is 0 Å². The molecule has 4 rings (SSSR count). The van der Waals surface area contributed by atoms with Crippen molar-refractivity contribution in [1.29, 1.82) is 0 Å². The summed E-state index contributed by atoms with van der Waals surface area (Å²) >= 11 is 0. The van der Waals surface area contributed by atoms with Crippen LogP contribution in [-0.4, -0.2) is 63.8 Å². The molecule has 6 nitrogen and oxygen atoms in total. The number of piperazine rings is 1. The third-order valence-corrected chi connectivity index (χ3v) is 6.34. The first kappa shape index (κ1) is 21.4. The van der Waals surface area contributed by atoms with Crippen LogP contribution in [0.1, 0.15) is 22.8 Å². The quantitative estimate of drug-likeness (QED) is 0.446. The van der Waals surface area contributed by atoms with Crippen LogP contribution < -0.4 is 19.3 Å². The number of Topliss-reactive ketones (excluding diaryl/α,β-unsaturated/α-hetero) is 1. The van der Waals surface area contributed by atoms with E-state index in [1.54, 1.807) is 12.0 Å². The molecule has 0 radical (unpaired) electrons. The molecule has 0 atom stereocenters. The summed E-state index contributed by atoms with van der Waals surface area (Å²) in [5, 5.41) is 1.06. The topological polar surface area (TPSA) is 60.2 Å². The van der Waals surface area contributed by atoms with Gasteiger partial charge in [0, 0.05) is 22.7 Å². The number of aromatic amines is 1. The van der Waals surface area contributed by atoms with Crippen LogP contribution in [0.4, 0.5) is 0 Å². The molecular formula is C25H33N3O3+2. The van der Waals surface area contributed by atoms with Crippen molar-refractivity contribution in [2.75, 3.05) is 53.0 Å². The first-order valence-electron chi connectivity index (χ1n) is 11.2. The smallest absolute Gasteiger partial charge is 0.219 e. The maximum absolute atomic E-state index is 13.0. The van der Waals surface area contributed by atoms with Crippen LogP contribution in [0.2, 0.25) is 0 Å². The molecule has 164 valence electrons. The van der Waals surface area contributed by atoms with Gasteiger partial charge in [-0.1, -0.05) is 25.1 Å². The molecule has 1 fully saturated rings. The Morgan fingerprint density at radius 3 is 2.42 bits per heavy atom. The van der Waals surface area contributed by atoms with Crippen molar-refractivity contribution < 1.29 is 24.1 Å². The minimum atomic E-state index is 0.237. The number of hydrogen-bond acceptors (Lipinski definition) is 3. The molecule has 2 heterocycles. The second-order valence-corrected chi connectivity index (χ2v) is 8.27. The zero-order valence-electron chi connectivity index (χ0n) is 18.5. The molecule has 0 unspecified atom stereocenters. The van der Waals surface area contributed by atoms with Gasteiger partial charge in [0.15, 0.2) is 0 Å². The summed E-state index contributed by atoms with van der Waals surface area (Å²) in [4.78, 5) is 19.2. The molecule has 0 saturated carbocycles. The van der Waals surface area contributed by atoms with Gasteiger partial charge in [-0.25, -0.2) is 0 Å². The van der Waals surface area contributed by atoms with Crippen LogP contribution in [0.25, 0.3) is 10.9 Å². The number of ether oxygens (including phenoxy) is 2. The van der Waals surface area contributed by atoms with Crippen LogP contribution in [0, 0.1) is 0 Å². The van der Waals surface area contributed by atoms with Crippen LogP contribution in [0.15, 0.2) is 48.7 Å². The monoisotopic (exact) mass is 423 g/mol. The number of hydrogen-bond donors (Lipinski definition) is 3. The third-order valence-electron chi connectivity index (χ3n) is 6.34. The first-order chi connectivity index (χ1) is 15.2. The predicted octanol–water partition coefficient (Wildman–Crippen LogP) is 0.784. The highest BCUT2D eigenvalue weighted by Crippen LogP contribution is 2.22. The molecule has 0 amide bonds. The Morgan fingerprint density at radius 1 is 1.00 bits per heavy atom. The normalized spacial score (nSPS) is 18.8. The minimum absolute atomic E-state index is 0.237. The van der Waals surface area contributed by atoms with Gasteiger partial charge in [0.1, 0.15) is 57.4 Å². The second-order valence-electron chi connectivity index (χ2n) is 8.27. The summed E-state index contributed by atoms with van der Waals surface area (Å²) in [5.41, 5.74) is 3.20. The fourth-order valence-electron chi connectivity index (χ4n) is 4.43. The number of benzene rings is 2. The van der Waals surface area contributed by atoms with Crippen LogP contribution >= 0.6 is 0 Å². The molecular weight excluding hydrogens is 390 g/mol. The van der Waals surface area contributed by atoms with E-state index in [2.05, 4.69) is 30.1 Å². The Kier molecular flexibility index (Phi) is 6.89. The molecule has 1 aliphatic heterocycles. The zero-order chi connectivity index (χ0) is 21.6. The van der Waals surface area contributed by atoms with Gasteiger partial charge in [-0.3, -0.25) is 4.79 Å². The SMILES string of the molecule is CCc1cccc2c(C(=O)C[NH+]3CC[NH+](CCOc4ccc(OC)cc4)CC3)c[nH]c12. The Bertz CT molecular complexity index is 1000. The summed E-state index contributed by atoms with van der Waals surface area (Å²) in [6.45, 7) is 8.58. The van der Waals surface area contributed by atoms with E-state index in [-0.39, 0.29) is 5.78 Å². The summed E-state index contributed by atoms with van der Waals surface area (Å²) in [6.07, 6.45) is 2.85. The number of aryl methyl sites for hydroxylation is 1. The average molecular weight is 424 g/mol. The molecule has 0 spiro atoms. The lowest BCUT2D eigenvalue weighted by Crippen LogP contribution is -3.28. The number of H-pyrrole nitrogens is 1.